The Labute approximate surface area is 205 Å². The maximum Gasteiger partial charge on any atom is 0.418 e. The summed E-state index contributed by atoms with van der Waals surface area (Å²) >= 11 is 0. The number of rotatable bonds is 6. The first-order valence-electron chi connectivity index (χ1n) is 11.9. The molecule has 0 bridgehead atoms. The number of aliphatic hydroxyl groups is 1. The van der Waals surface area contributed by atoms with Gasteiger partial charge in [0.25, 0.3) is 0 Å². The van der Waals surface area contributed by atoms with Crippen LogP contribution in [0.5, 0.6) is 5.75 Å². The third-order valence-electron chi connectivity index (χ3n) is 6.50. The molecule has 0 radical (unpaired) electrons. The Balaban J connectivity index is 1.21. The first-order chi connectivity index (χ1) is 17.4. The van der Waals surface area contributed by atoms with E-state index in [0.29, 0.717) is 19.0 Å². The third-order valence-corrected chi connectivity index (χ3v) is 6.50. The molecule has 3 heterocycles. The van der Waals surface area contributed by atoms with E-state index in [2.05, 4.69) is 30.2 Å². The number of aliphatic hydroxyl groups excluding tert-OH is 1. The van der Waals surface area contributed by atoms with E-state index in [1.165, 1.54) is 0 Å². The quantitative estimate of drug-likeness (QED) is 0.520. The van der Waals surface area contributed by atoms with Crippen LogP contribution in [-0.4, -0.2) is 69.7 Å². The topological polar surface area (TPSA) is 106 Å². The Bertz CT molecular complexity index is 1170. The van der Waals surface area contributed by atoms with E-state index in [-0.39, 0.29) is 23.7 Å². The van der Waals surface area contributed by atoms with Crippen LogP contribution in [0.3, 0.4) is 0 Å². The lowest BCUT2D eigenvalue weighted by molar-refractivity contribution is -0.206. The number of nitrogens with zero attached hydrogens (tertiary/aromatic N) is 5. The van der Waals surface area contributed by atoms with E-state index in [4.69, 9.17) is 9.47 Å². The van der Waals surface area contributed by atoms with Gasteiger partial charge in [-0.05, 0) is 31.7 Å². The molecular weight excluding hydrogens is 477 g/mol. The Morgan fingerprint density at radius 2 is 1.69 bits per heavy atom. The van der Waals surface area contributed by atoms with Crippen molar-refractivity contribution in [2.24, 2.45) is 0 Å². The highest BCUT2D eigenvalue weighted by atomic mass is 19.4. The zero-order valence-electron chi connectivity index (χ0n) is 19.5. The molecule has 1 aliphatic carbocycles. The Morgan fingerprint density at radius 1 is 1.00 bits per heavy atom. The second kappa shape index (κ2) is 10.4. The number of ether oxygens (including phenoxy) is 2. The fourth-order valence-corrected chi connectivity index (χ4v) is 4.55. The second-order valence-corrected chi connectivity index (χ2v) is 8.99. The van der Waals surface area contributed by atoms with Crippen LogP contribution in [0.2, 0.25) is 0 Å². The van der Waals surface area contributed by atoms with Crippen molar-refractivity contribution in [1.29, 1.82) is 0 Å². The molecule has 2 fully saturated rings. The molecule has 3 aromatic rings. The molecule has 9 nitrogen and oxygen atoms in total. The summed E-state index contributed by atoms with van der Waals surface area (Å²) < 4.78 is 49.9. The fraction of sp³-hybridized carbons (Fsp3) is 0.500. The summed E-state index contributed by atoms with van der Waals surface area (Å²) in [7, 11) is 0. The lowest BCUT2D eigenvalue weighted by atomic mass is 9.93. The van der Waals surface area contributed by atoms with Crippen LogP contribution in [0, 0.1) is 0 Å². The van der Waals surface area contributed by atoms with Crippen molar-refractivity contribution in [1.82, 2.24) is 19.9 Å². The fourth-order valence-electron chi connectivity index (χ4n) is 4.55. The molecule has 5 rings (SSSR count). The summed E-state index contributed by atoms with van der Waals surface area (Å²) in [6, 6.07) is 4.12. The number of hydrogen-bond acceptors (Lipinski definition) is 9. The molecule has 0 spiro atoms. The van der Waals surface area contributed by atoms with E-state index >= 15 is 0 Å². The highest BCUT2D eigenvalue weighted by molar-refractivity contribution is 5.85. The molecule has 1 aliphatic heterocycles. The first kappa shape index (κ1) is 24.4. The van der Waals surface area contributed by atoms with Crippen LogP contribution >= 0.6 is 0 Å². The molecule has 1 aromatic carbocycles. The van der Waals surface area contributed by atoms with Crippen molar-refractivity contribution in [2.75, 3.05) is 36.5 Å². The normalized spacial score (nSPS) is 21.8. The van der Waals surface area contributed by atoms with Crippen LogP contribution in [0.1, 0.15) is 37.4 Å². The summed E-state index contributed by atoms with van der Waals surface area (Å²) in [5.41, 5.74) is 2.15. The molecule has 0 unspecified atom stereocenters. The van der Waals surface area contributed by atoms with Gasteiger partial charge in [0.05, 0.1) is 24.8 Å². The zero-order valence-corrected chi connectivity index (χ0v) is 19.5. The van der Waals surface area contributed by atoms with Gasteiger partial charge in [0.2, 0.25) is 5.95 Å². The molecule has 1 saturated carbocycles. The lowest BCUT2D eigenvalue weighted by Crippen LogP contribution is -2.36. The summed E-state index contributed by atoms with van der Waals surface area (Å²) in [6.45, 7) is 2.97. The van der Waals surface area contributed by atoms with Gasteiger partial charge in [0.1, 0.15) is 11.3 Å². The number of hydrogen-bond donors (Lipinski definition) is 2. The molecule has 2 aromatic heterocycles. The van der Waals surface area contributed by atoms with Crippen LogP contribution < -0.4 is 15.0 Å². The monoisotopic (exact) mass is 504 g/mol. The average molecular weight is 505 g/mol. The van der Waals surface area contributed by atoms with E-state index in [0.717, 1.165) is 67.9 Å². The first-order valence-corrected chi connectivity index (χ1v) is 11.9. The maximum atomic E-state index is 12.7. The standard InChI is InChI=1S/C24H27F3N6O3/c25-24(26,27)22(34)15-13-30-23(31-14-15)32-16-1-3-18(4-2-16)36-20-12-17(33-7-9-35-10-8-33)11-19-21(20)29-6-5-28-19/h5-6,11-14,16,18,22,34H,1-4,7-10H2,(H,30,31,32)/t16-,18+,22-/m1/s1. The Morgan fingerprint density at radius 3 is 2.39 bits per heavy atom. The minimum Gasteiger partial charge on any atom is -0.488 e. The number of halogens is 3. The maximum absolute atomic E-state index is 12.7. The van der Waals surface area contributed by atoms with Crippen molar-refractivity contribution >= 4 is 22.7 Å². The smallest absolute Gasteiger partial charge is 0.418 e. The zero-order chi connectivity index (χ0) is 25.1. The molecule has 12 heteroatoms. The van der Waals surface area contributed by atoms with Crippen LogP contribution in [-0.2, 0) is 4.74 Å². The van der Waals surface area contributed by atoms with Crippen LogP contribution in [0.4, 0.5) is 24.8 Å². The highest BCUT2D eigenvalue weighted by Crippen LogP contribution is 2.34. The molecule has 1 atom stereocenters. The van der Waals surface area contributed by atoms with Crippen molar-refractivity contribution < 1.29 is 27.8 Å². The number of anilines is 2. The molecular formula is C24H27F3N6O3. The number of nitrogens with one attached hydrogen (secondary N) is 1. The van der Waals surface area contributed by atoms with Gasteiger partial charge >= 0.3 is 6.18 Å². The number of fused-ring (bicyclic) bond motifs is 1. The largest absolute Gasteiger partial charge is 0.488 e. The highest BCUT2D eigenvalue weighted by Gasteiger charge is 2.39. The van der Waals surface area contributed by atoms with Gasteiger partial charge < -0.3 is 24.8 Å². The van der Waals surface area contributed by atoms with Gasteiger partial charge in [0, 0.05) is 61.2 Å². The SMILES string of the molecule is O[C@H](c1cnc(N[C@H]2CC[C@@H](Oc3cc(N4CCOCC4)cc4nccnc34)CC2)nc1)C(F)(F)F. The summed E-state index contributed by atoms with van der Waals surface area (Å²) in [6.07, 6.45) is 1.11. The van der Waals surface area contributed by atoms with Crippen molar-refractivity contribution in [3.63, 3.8) is 0 Å². The minimum atomic E-state index is -4.75. The number of aromatic nitrogens is 4. The molecule has 0 amide bonds. The molecule has 2 aliphatic rings. The Kier molecular flexibility index (Phi) is 7.06. The summed E-state index contributed by atoms with van der Waals surface area (Å²) in [5.74, 6) is 0.942. The molecule has 2 N–H and O–H groups in total. The number of benzene rings is 1. The summed E-state index contributed by atoms with van der Waals surface area (Å²) in [5, 5.41) is 12.5. The van der Waals surface area contributed by atoms with E-state index in [1.54, 1.807) is 12.4 Å². The van der Waals surface area contributed by atoms with E-state index in [1.807, 2.05) is 12.1 Å². The van der Waals surface area contributed by atoms with Gasteiger partial charge in [-0.3, -0.25) is 4.98 Å². The average Bonchev–Trinajstić information content (AvgIpc) is 2.90. The number of morpholine rings is 1. The van der Waals surface area contributed by atoms with Gasteiger partial charge in [-0.1, -0.05) is 0 Å². The minimum absolute atomic E-state index is 0.00146. The van der Waals surface area contributed by atoms with Gasteiger partial charge in [0.15, 0.2) is 6.10 Å². The van der Waals surface area contributed by atoms with E-state index < -0.39 is 12.3 Å². The van der Waals surface area contributed by atoms with Crippen molar-refractivity contribution in [2.45, 2.75) is 50.1 Å². The van der Waals surface area contributed by atoms with Gasteiger partial charge in [-0.15, -0.1) is 0 Å². The second-order valence-electron chi connectivity index (χ2n) is 8.99. The molecule has 192 valence electrons. The van der Waals surface area contributed by atoms with Gasteiger partial charge in [-0.25, -0.2) is 15.0 Å². The lowest BCUT2D eigenvalue weighted by Gasteiger charge is -2.31. The van der Waals surface area contributed by atoms with Crippen LogP contribution in [0.25, 0.3) is 11.0 Å². The third kappa shape index (κ3) is 5.59. The predicted octanol–water partition coefficient (Wildman–Crippen LogP) is 3.65. The van der Waals surface area contributed by atoms with Crippen molar-refractivity contribution in [3.05, 3.63) is 42.5 Å². The van der Waals surface area contributed by atoms with Crippen molar-refractivity contribution in [3.8, 4) is 5.75 Å². The Hall–Kier alpha value is -3.25. The molecule has 1 saturated heterocycles. The summed E-state index contributed by atoms with van der Waals surface area (Å²) in [4.78, 5) is 19.1. The predicted molar refractivity (Wildman–Crippen MR) is 126 cm³/mol. The number of alkyl halides is 3. The van der Waals surface area contributed by atoms with Gasteiger partial charge in [-0.2, -0.15) is 13.2 Å². The molecule has 36 heavy (non-hydrogen) atoms. The van der Waals surface area contributed by atoms with Crippen LogP contribution in [0.15, 0.2) is 36.9 Å². The van der Waals surface area contributed by atoms with E-state index in [9.17, 15) is 18.3 Å².